The Morgan fingerprint density at radius 1 is 1.13 bits per heavy atom. The van der Waals surface area contributed by atoms with E-state index in [1.165, 1.54) is 18.7 Å². The van der Waals surface area contributed by atoms with Crippen molar-refractivity contribution in [1.29, 1.82) is 0 Å². The third kappa shape index (κ3) is 1.69. The Hall–Kier alpha value is -1.52. The summed E-state index contributed by atoms with van der Waals surface area (Å²) in [5.74, 6) is 0.364. The van der Waals surface area contributed by atoms with Crippen molar-refractivity contribution in [2.75, 3.05) is 7.11 Å². The summed E-state index contributed by atoms with van der Waals surface area (Å²) < 4.78 is 7.54. The summed E-state index contributed by atoms with van der Waals surface area (Å²) in [6.07, 6.45) is 0. The molecule has 0 saturated carbocycles. The van der Waals surface area contributed by atoms with Crippen molar-refractivity contribution in [3.8, 4) is 5.88 Å². The molecule has 1 aromatic rings. The second-order valence-corrected chi connectivity index (χ2v) is 3.78. The fourth-order valence-electron chi connectivity index (χ4n) is 1.59. The number of methoxy groups -OCH3 is 1. The average Bonchev–Trinajstić information content (AvgIpc) is 2.19. The van der Waals surface area contributed by atoms with Crippen LogP contribution in [0.3, 0.4) is 0 Å². The minimum absolute atomic E-state index is 0.0189. The molecule has 0 aliphatic heterocycles. The lowest BCUT2D eigenvalue weighted by atomic mass is 10.1. The summed E-state index contributed by atoms with van der Waals surface area (Å²) >= 11 is 0. The van der Waals surface area contributed by atoms with Crippen LogP contribution in [0.2, 0.25) is 0 Å². The maximum absolute atomic E-state index is 11.8. The van der Waals surface area contributed by atoms with Crippen LogP contribution in [-0.4, -0.2) is 16.2 Å². The van der Waals surface area contributed by atoms with Gasteiger partial charge in [-0.1, -0.05) is 13.8 Å². The lowest BCUT2D eigenvalue weighted by Crippen LogP contribution is -2.39. The zero-order chi connectivity index (χ0) is 11.7. The van der Waals surface area contributed by atoms with Gasteiger partial charge < -0.3 is 4.74 Å². The zero-order valence-electron chi connectivity index (χ0n) is 9.70. The molecule has 1 heterocycles. The fraction of sp³-hybridized carbons (Fsp3) is 0.600. The normalized spacial score (nSPS) is 10.8. The van der Waals surface area contributed by atoms with Gasteiger partial charge in [0.2, 0.25) is 5.88 Å². The van der Waals surface area contributed by atoms with E-state index in [0.29, 0.717) is 11.4 Å². The van der Waals surface area contributed by atoms with E-state index in [0.717, 1.165) is 4.57 Å². The van der Waals surface area contributed by atoms with Crippen molar-refractivity contribution in [1.82, 2.24) is 9.13 Å². The molecule has 1 aromatic heterocycles. The van der Waals surface area contributed by atoms with Gasteiger partial charge in [-0.3, -0.25) is 13.9 Å². The van der Waals surface area contributed by atoms with E-state index in [1.54, 1.807) is 7.05 Å². The average molecular weight is 212 g/mol. The molecule has 0 aliphatic rings. The fourth-order valence-corrected chi connectivity index (χ4v) is 1.59. The molecule has 84 valence electrons. The predicted molar refractivity (Wildman–Crippen MR) is 57.6 cm³/mol. The van der Waals surface area contributed by atoms with Gasteiger partial charge in [0.1, 0.15) is 0 Å². The lowest BCUT2D eigenvalue weighted by molar-refractivity contribution is 0.359. The standard InChI is InChI=1S/C10H16N2O3/c1-6(2)7-8(13)11(3)10(14)12(4)9(7)15-5/h6H,1-5H3. The molecule has 0 atom stereocenters. The second kappa shape index (κ2) is 3.92. The topological polar surface area (TPSA) is 53.2 Å². The number of hydrogen-bond donors (Lipinski definition) is 0. The van der Waals surface area contributed by atoms with E-state index >= 15 is 0 Å². The van der Waals surface area contributed by atoms with Crippen LogP contribution in [0.25, 0.3) is 0 Å². The summed E-state index contributed by atoms with van der Waals surface area (Å²) in [6.45, 7) is 3.79. The summed E-state index contributed by atoms with van der Waals surface area (Å²) in [5.41, 5.74) is -0.131. The van der Waals surface area contributed by atoms with Crippen molar-refractivity contribution >= 4 is 0 Å². The number of hydrogen-bond acceptors (Lipinski definition) is 3. The first-order chi connectivity index (χ1) is 6.91. The molecule has 0 spiro atoms. The number of rotatable bonds is 2. The first-order valence-electron chi connectivity index (χ1n) is 4.75. The van der Waals surface area contributed by atoms with Gasteiger partial charge in [0.25, 0.3) is 5.56 Å². The molecule has 0 aliphatic carbocycles. The largest absolute Gasteiger partial charge is 0.482 e. The van der Waals surface area contributed by atoms with Crippen molar-refractivity contribution in [2.45, 2.75) is 19.8 Å². The maximum atomic E-state index is 11.8. The second-order valence-electron chi connectivity index (χ2n) is 3.78. The van der Waals surface area contributed by atoms with Crippen LogP contribution in [0.5, 0.6) is 5.88 Å². The Kier molecular flexibility index (Phi) is 3.02. The van der Waals surface area contributed by atoms with Gasteiger partial charge in [0, 0.05) is 14.1 Å². The van der Waals surface area contributed by atoms with Crippen LogP contribution < -0.4 is 16.0 Å². The van der Waals surface area contributed by atoms with E-state index in [2.05, 4.69) is 0 Å². The third-order valence-electron chi connectivity index (χ3n) is 2.41. The Morgan fingerprint density at radius 3 is 2.07 bits per heavy atom. The summed E-state index contributed by atoms with van der Waals surface area (Å²) in [4.78, 5) is 23.4. The van der Waals surface area contributed by atoms with Crippen molar-refractivity contribution in [3.05, 3.63) is 26.4 Å². The monoisotopic (exact) mass is 212 g/mol. The van der Waals surface area contributed by atoms with Crippen LogP contribution in [0, 0.1) is 0 Å². The van der Waals surface area contributed by atoms with Crippen molar-refractivity contribution < 1.29 is 4.74 Å². The highest BCUT2D eigenvalue weighted by Crippen LogP contribution is 2.19. The Bertz CT molecular complexity index is 483. The number of ether oxygens (including phenoxy) is 1. The first kappa shape index (κ1) is 11.6. The summed E-state index contributed by atoms with van der Waals surface area (Å²) in [6, 6.07) is 0. The molecule has 0 radical (unpaired) electrons. The van der Waals surface area contributed by atoms with Gasteiger partial charge in [0.15, 0.2) is 0 Å². The molecule has 0 unspecified atom stereocenters. The van der Waals surface area contributed by atoms with Gasteiger partial charge in [0.05, 0.1) is 12.7 Å². The molecule has 0 fully saturated rings. The maximum Gasteiger partial charge on any atom is 0.333 e. The Labute approximate surface area is 87.9 Å². The van der Waals surface area contributed by atoms with Crippen LogP contribution >= 0.6 is 0 Å². The van der Waals surface area contributed by atoms with Crippen LogP contribution in [0.1, 0.15) is 25.3 Å². The SMILES string of the molecule is COc1c(C(C)C)c(=O)n(C)c(=O)n1C. The minimum Gasteiger partial charge on any atom is -0.482 e. The zero-order valence-corrected chi connectivity index (χ0v) is 9.70. The minimum atomic E-state index is -0.374. The predicted octanol–water partition coefficient (Wildman–Crippen LogP) is 0.216. The summed E-state index contributed by atoms with van der Waals surface area (Å²) in [7, 11) is 4.52. The van der Waals surface area contributed by atoms with Crippen LogP contribution in [0.4, 0.5) is 0 Å². The first-order valence-corrected chi connectivity index (χ1v) is 4.75. The van der Waals surface area contributed by atoms with E-state index in [1.807, 2.05) is 13.8 Å². The van der Waals surface area contributed by atoms with E-state index in [9.17, 15) is 9.59 Å². The molecule has 15 heavy (non-hydrogen) atoms. The smallest absolute Gasteiger partial charge is 0.333 e. The Balaban J connectivity index is 3.79. The molecule has 0 N–H and O–H groups in total. The molecule has 0 aromatic carbocycles. The van der Waals surface area contributed by atoms with Gasteiger partial charge in [-0.15, -0.1) is 0 Å². The highest BCUT2D eigenvalue weighted by molar-refractivity contribution is 5.27. The third-order valence-corrected chi connectivity index (χ3v) is 2.41. The molecule has 0 saturated heterocycles. The number of nitrogens with zero attached hydrogens (tertiary/aromatic N) is 2. The number of aromatic nitrogens is 2. The molecule has 1 rings (SSSR count). The van der Waals surface area contributed by atoms with E-state index < -0.39 is 0 Å². The highest BCUT2D eigenvalue weighted by Gasteiger charge is 2.18. The van der Waals surface area contributed by atoms with Gasteiger partial charge in [-0.2, -0.15) is 0 Å². The summed E-state index contributed by atoms with van der Waals surface area (Å²) in [5, 5.41) is 0. The molecular formula is C10H16N2O3. The quantitative estimate of drug-likeness (QED) is 0.704. The van der Waals surface area contributed by atoms with Crippen LogP contribution in [0.15, 0.2) is 9.59 Å². The Morgan fingerprint density at radius 2 is 1.67 bits per heavy atom. The molecule has 5 nitrogen and oxygen atoms in total. The van der Waals surface area contributed by atoms with Crippen molar-refractivity contribution in [3.63, 3.8) is 0 Å². The van der Waals surface area contributed by atoms with E-state index in [-0.39, 0.29) is 17.2 Å². The van der Waals surface area contributed by atoms with Crippen molar-refractivity contribution in [2.24, 2.45) is 14.1 Å². The van der Waals surface area contributed by atoms with Gasteiger partial charge in [-0.25, -0.2) is 4.79 Å². The molecular weight excluding hydrogens is 196 g/mol. The van der Waals surface area contributed by atoms with Crippen LogP contribution in [-0.2, 0) is 14.1 Å². The highest BCUT2D eigenvalue weighted by atomic mass is 16.5. The molecule has 5 heteroatoms. The molecule has 0 amide bonds. The van der Waals surface area contributed by atoms with Gasteiger partial charge >= 0.3 is 5.69 Å². The molecule has 0 bridgehead atoms. The van der Waals surface area contributed by atoms with Gasteiger partial charge in [-0.05, 0) is 5.92 Å². The van der Waals surface area contributed by atoms with E-state index in [4.69, 9.17) is 4.74 Å². The lowest BCUT2D eigenvalue weighted by Gasteiger charge is -2.15.